The summed E-state index contributed by atoms with van der Waals surface area (Å²) in [5, 5.41) is 11.6. The third-order valence-electron chi connectivity index (χ3n) is 3.96. The summed E-state index contributed by atoms with van der Waals surface area (Å²) in [6.07, 6.45) is 2.95. The van der Waals surface area contributed by atoms with Crippen LogP contribution in [0.1, 0.15) is 12.5 Å². The number of carboxylic acids is 1. The number of hydrogen-bond acceptors (Lipinski definition) is 6. The number of benzene rings is 2. The highest BCUT2D eigenvalue weighted by Crippen LogP contribution is 2.31. The van der Waals surface area contributed by atoms with Gasteiger partial charge in [-0.1, -0.05) is 48.5 Å². The van der Waals surface area contributed by atoms with E-state index in [9.17, 15) is 23.7 Å². The average molecular weight is 429 g/mol. The molecular weight excluding hydrogens is 406 g/mol. The summed E-state index contributed by atoms with van der Waals surface area (Å²) >= 11 is 0. The Morgan fingerprint density at radius 1 is 0.967 bits per heavy atom. The van der Waals surface area contributed by atoms with E-state index in [2.05, 4.69) is 0 Å². The van der Waals surface area contributed by atoms with Crippen molar-refractivity contribution >= 4 is 39.2 Å². The highest BCUT2D eigenvalue weighted by atomic mass is 32.2. The van der Waals surface area contributed by atoms with Crippen LogP contribution < -0.4 is 10.0 Å². The minimum Gasteiger partial charge on any atom is -0.540 e. The maximum atomic E-state index is 12.9. The lowest BCUT2D eigenvalue weighted by Crippen LogP contribution is -2.44. The summed E-state index contributed by atoms with van der Waals surface area (Å²) in [6, 6.07) is 16.4. The van der Waals surface area contributed by atoms with E-state index in [-0.39, 0.29) is 29.3 Å². The van der Waals surface area contributed by atoms with Gasteiger partial charge in [-0.25, -0.2) is 4.79 Å². The SMILES string of the molecule is CCOC(=O)/C(C[S+](C)(C)=O)=C(\c1ccccc1)N(C(=O)C(=O)[O-])c1ccccc1. The van der Waals surface area contributed by atoms with Gasteiger partial charge >= 0.3 is 5.97 Å². The number of carbonyl (C=O) groups excluding carboxylic acids is 3. The molecule has 0 unspecified atom stereocenters. The fraction of sp³-hybridized carbons (Fsp3) is 0.227. The molecule has 2 rings (SSSR count). The Balaban J connectivity index is 2.92. The van der Waals surface area contributed by atoms with E-state index < -0.39 is 27.8 Å². The minimum absolute atomic E-state index is 0.00845. The molecule has 1 amide bonds. The normalized spacial score (nSPS) is 12.0. The zero-order valence-corrected chi connectivity index (χ0v) is 17.8. The molecule has 0 aliphatic carbocycles. The number of anilines is 1. The molecule has 0 saturated heterocycles. The number of nitrogens with zero attached hydrogens (tertiary/aromatic N) is 1. The maximum absolute atomic E-state index is 12.9. The molecule has 0 saturated carbocycles. The van der Waals surface area contributed by atoms with Crippen LogP contribution in [0.15, 0.2) is 66.2 Å². The van der Waals surface area contributed by atoms with E-state index >= 15 is 0 Å². The first-order valence-corrected chi connectivity index (χ1v) is 11.7. The quantitative estimate of drug-likeness (QED) is 0.286. The molecule has 0 fully saturated rings. The van der Waals surface area contributed by atoms with E-state index in [1.165, 1.54) is 24.6 Å². The molecule has 0 aromatic heterocycles. The Bertz CT molecular complexity index is 995. The lowest BCUT2D eigenvalue weighted by Gasteiger charge is -2.28. The number of ether oxygens (including phenoxy) is 1. The van der Waals surface area contributed by atoms with Gasteiger partial charge in [-0.05, 0) is 24.6 Å². The first kappa shape index (κ1) is 23.0. The van der Waals surface area contributed by atoms with Gasteiger partial charge in [-0.3, -0.25) is 9.69 Å². The molecule has 0 N–H and O–H groups in total. The van der Waals surface area contributed by atoms with Crippen molar-refractivity contribution in [2.24, 2.45) is 0 Å². The first-order chi connectivity index (χ1) is 14.2. The maximum Gasteiger partial charge on any atom is 0.340 e. The zero-order valence-electron chi connectivity index (χ0n) is 17.0. The zero-order chi connectivity index (χ0) is 22.3. The number of hydrogen-bond donors (Lipinski definition) is 0. The average Bonchev–Trinajstić information content (AvgIpc) is 2.70. The van der Waals surface area contributed by atoms with Crippen molar-refractivity contribution < 1.29 is 28.4 Å². The monoisotopic (exact) mass is 429 g/mol. The first-order valence-electron chi connectivity index (χ1n) is 9.13. The molecule has 158 valence electrons. The molecule has 8 heteroatoms. The number of rotatable bonds is 7. The Morgan fingerprint density at radius 2 is 1.50 bits per heavy atom. The second-order valence-electron chi connectivity index (χ2n) is 6.76. The summed E-state index contributed by atoms with van der Waals surface area (Å²) in [6.45, 7) is 1.67. The molecule has 30 heavy (non-hydrogen) atoms. The predicted molar refractivity (Wildman–Crippen MR) is 114 cm³/mol. The lowest BCUT2D eigenvalue weighted by molar-refractivity contribution is -0.299. The molecule has 2 aromatic carbocycles. The van der Waals surface area contributed by atoms with Crippen LogP contribution in [0.5, 0.6) is 0 Å². The predicted octanol–water partition coefficient (Wildman–Crippen LogP) is 1.50. The second-order valence-corrected chi connectivity index (χ2v) is 9.92. The van der Waals surface area contributed by atoms with Crippen molar-refractivity contribution in [1.82, 2.24) is 0 Å². The number of para-hydroxylation sites is 1. The van der Waals surface area contributed by atoms with Crippen LogP contribution in [-0.2, 0) is 33.3 Å². The molecular formula is C22H23NO6S. The van der Waals surface area contributed by atoms with Gasteiger partial charge in [0.25, 0.3) is 5.91 Å². The number of amides is 1. The molecule has 7 nitrogen and oxygen atoms in total. The molecule has 0 spiro atoms. The van der Waals surface area contributed by atoms with Gasteiger partial charge in [0.1, 0.15) is 29.8 Å². The number of esters is 1. The Kier molecular flexibility index (Phi) is 7.66. The van der Waals surface area contributed by atoms with Crippen molar-refractivity contribution in [1.29, 1.82) is 0 Å². The van der Waals surface area contributed by atoms with E-state index in [1.54, 1.807) is 55.5 Å². The van der Waals surface area contributed by atoms with Gasteiger partial charge in [-0.2, -0.15) is 0 Å². The standard InChI is InChI=1S/C22H23NO6S/c1-4-29-22(27)18(15-30(2,3)28)19(16-11-7-5-8-12-16)23(20(24)21(25)26)17-13-9-6-10-14-17/h5-14H,4,15H2,1-3H3/b19-18+. The molecule has 0 heterocycles. The third kappa shape index (κ3) is 5.87. The van der Waals surface area contributed by atoms with Gasteiger partial charge in [0.15, 0.2) is 0 Å². The Hall–Kier alpha value is -3.26. The van der Waals surface area contributed by atoms with Crippen LogP contribution in [0.4, 0.5) is 5.69 Å². The van der Waals surface area contributed by atoms with Gasteiger partial charge < -0.3 is 14.6 Å². The van der Waals surface area contributed by atoms with Gasteiger partial charge in [0.05, 0.1) is 22.2 Å². The van der Waals surface area contributed by atoms with Crippen molar-refractivity contribution in [3.63, 3.8) is 0 Å². The summed E-state index contributed by atoms with van der Waals surface area (Å²) in [7, 11) is -2.51. The summed E-state index contributed by atoms with van der Waals surface area (Å²) in [5.74, 6) is -4.29. The van der Waals surface area contributed by atoms with Gasteiger partial charge in [-0.15, -0.1) is 4.21 Å². The fourth-order valence-electron chi connectivity index (χ4n) is 2.84. The molecule has 0 aliphatic heterocycles. The van der Waals surface area contributed by atoms with E-state index in [0.717, 1.165) is 4.90 Å². The lowest BCUT2D eigenvalue weighted by atomic mass is 10.0. The molecule has 0 bridgehead atoms. The number of carbonyl (C=O) groups is 3. The molecule has 0 aliphatic rings. The fourth-order valence-corrected chi connectivity index (χ4v) is 3.79. The molecule has 0 atom stereocenters. The Morgan fingerprint density at radius 3 is 1.97 bits per heavy atom. The second kappa shape index (κ2) is 9.98. The number of aliphatic carboxylic acids is 1. The third-order valence-corrected chi connectivity index (χ3v) is 4.95. The minimum atomic E-state index is -2.51. The topological polar surface area (TPSA) is 104 Å². The smallest absolute Gasteiger partial charge is 0.340 e. The van der Waals surface area contributed by atoms with Gasteiger partial charge in [0, 0.05) is 5.69 Å². The summed E-state index contributed by atoms with van der Waals surface area (Å²) < 4.78 is 17.8. The highest BCUT2D eigenvalue weighted by Gasteiger charge is 2.33. The van der Waals surface area contributed by atoms with Gasteiger partial charge in [0.2, 0.25) is 0 Å². The van der Waals surface area contributed by atoms with Crippen LogP contribution in [0.3, 0.4) is 0 Å². The van der Waals surface area contributed by atoms with E-state index in [0.29, 0.717) is 5.56 Å². The molecule has 2 aromatic rings. The van der Waals surface area contributed by atoms with Crippen LogP contribution in [0, 0.1) is 0 Å². The summed E-state index contributed by atoms with van der Waals surface area (Å²) in [4.78, 5) is 38.0. The summed E-state index contributed by atoms with van der Waals surface area (Å²) in [5.41, 5.74) is 0.538. The van der Waals surface area contributed by atoms with Crippen molar-refractivity contribution in [3.05, 3.63) is 71.8 Å². The van der Waals surface area contributed by atoms with E-state index in [1.807, 2.05) is 0 Å². The highest BCUT2D eigenvalue weighted by molar-refractivity contribution is 8.01. The number of carboxylic acid groups (broad SMARTS) is 1. The Labute approximate surface area is 176 Å². The van der Waals surface area contributed by atoms with E-state index in [4.69, 9.17) is 4.74 Å². The molecule has 0 radical (unpaired) electrons. The van der Waals surface area contributed by atoms with Crippen LogP contribution >= 0.6 is 0 Å². The van der Waals surface area contributed by atoms with Crippen LogP contribution in [0.25, 0.3) is 5.70 Å². The van der Waals surface area contributed by atoms with Crippen LogP contribution in [-0.4, -0.2) is 42.7 Å². The van der Waals surface area contributed by atoms with Crippen molar-refractivity contribution in [2.45, 2.75) is 6.92 Å². The largest absolute Gasteiger partial charge is 0.540 e. The van der Waals surface area contributed by atoms with Crippen molar-refractivity contribution in [3.8, 4) is 0 Å². The van der Waals surface area contributed by atoms with Crippen LogP contribution in [0.2, 0.25) is 0 Å². The van der Waals surface area contributed by atoms with Crippen molar-refractivity contribution in [2.75, 3.05) is 29.8 Å².